The third-order valence-electron chi connectivity index (χ3n) is 12.5. The van der Waals surface area contributed by atoms with Gasteiger partial charge in [-0.2, -0.15) is 0 Å². The van der Waals surface area contributed by atoms with Crippen molar-refractivity contribution in [3.8, 4) is 45.1 Å². The van der Waals surface area contributed by atoms with Gasteiger partial charge in [0.05, 0.1) is 61.3 Å². The molecule has 2 fully saturated rings. The van der Waals surface area contributed by atoms with Gasteiger partial charge in [0, 0.05) is 40.7 Å². The summed E-state index contributed by atoms with van der Waals surface area (Å²) in [7, 11) is 2.79. The van der Waals surface area contributed by atoms with Crippen molar-refractivity contribution >= 4 is 42.9 Å². The number of amides is 4. The Labute approximate surface area is 377 Å². The fourth-order valence-corrected chi connectivity index (χ4v) is 9.81. The normalized spacial score (nSPS) is 18.7. The summed E-state index contributed by atoms with van der Waals surface area (Å²) in [4.78, 5) is 71.7. The first kappa shape index (κ1) is 43.2. The van der Waals surface area contributed by atoms with Crippen molar-refractivity contribution in [2.45, 2.75) is 69.9 Å². The largest absolute Gasteiger partial charge is 0.465 e. The molecule has 336 valence electrons. The van der Waals surface area contributed by atoms with E-state index in [9.17, 15) is 19.2 Å². The zero-order chi connectivity index (χ0) is 45.4. The third kappa shape index (κ3) is 8.31. The molecule has 3 aromatic carbocycles. The van der Waals surface area contributed by atoms with Crippen LogP contribution in [0.1, 0.15) is 75.1 Å². The highest BCUT2D eigenvalue weighted by Crippen LogP contribution is 2.46. The van der Waals surface area contributed by atoms with Gasteiger partial charge in [0.2, 0.25) is 12.1 Å². The Morgan fingerprint density at radius 2 is 1.42 bits per heavy atom. The van der Waals surface area contributed by atoms with E-state index < -0.39 is 30.5 Å². The molecule has 6 atom stereocenters. The number of nitrogens with one attached hydrogen (secondary N) is 4. The van der Waals surface area contributed by atoms with Gasteiger partial charge in [-0.1, -0.05) is 61.9 Å². The Morgan fingerprint density at radius 1 is 0.800 bits per heavy atom. The lowest BCUT2D eigenvalue weighted by atomic mass is 10.0. The third-order valence-corrected chi connectivity index (χ3v) is 13.1. The van der Waals surface area contributed by atoms with Gasteiger partial charge < -0.3 is 43.9 Å². The van der Waals surface area contributed by atoms with Crippen molar-refractivity contribution in [1.29, 1.82) is 0 Å². The quantitative estimate of drug-likeness (QED) is 0.0998. The number of fused-ring (bicyclic) bond motifs is 5. The molecular weight excluding hydrogens is 846 g/mol. The van der Waals surface area contributed by atoms with Crippen LogP contribution in [0.5, 0.6) is 5.75 Å². The van der Waals surface area contributed by atoms with Crippen molar-refractivity contribution in [2.24, 2.45) is 5.92 Å². The van der Waals surface area contributed by atoms with E-state index in [1.165, 1.54) is 14.2 Å². The van der Waals surface area contributed by atoms with Crippen LogP contribution in [0, 0.1) is 11.5 Å². The van der Waals surface area contributed by atoms with Gasteiger partial charge in [-0.3, -0.25) is 14.9 Å². The van der Waals surface area contributed by atoms with Crippen molar-refractivity contribution in [3.05, 3.63) is 102 Å². The highest BCUT2D eigenvalue weighted by Gasteiger charge is 2.39. The second-order valence-corrected chi connectivity index (χ2v) is 17.6. The van der Waals surface area contributed by atoms with Crippen molar-refractivity contribution in [2.75, 3.05) is 34.0 Å². The predicted octanol–water partition coefficient (Wildman–Crippen LogP) is 7.73. The molecule has 0 radical (unpaired) electrons. The number of likely N-dealkylation sites (tertiary alicyclic amines) is 2. The molecule has 0 spiro atoms. The van der Waals surface area contributed by atoms with Crippen LogP contribution in [0.15, 0.2) is 85.2 Å². The summed E-state index contributed by atoms with van der Waals surface area (Å²) in [6.45, 7) is 6.81. The molecule has 0 bridgehead atoms. The van der Waals surface area contributed by atoms with E-state index in [2.05, 4.69) is 79.3 Å². The maximum absolute atomic E-state index is 13.8. The van der Waals surface area contributed by atoms with Gasteiger partial charge in [0.1, 0.15) is 23.4 Å². The van der Waals surface area contributed by atoms with Crippen LogP contribution in [0.4, 0.5) is 9.59 Å². The Kier molecular flexibility index (Phi) is 12.1. The fourth-order valence-electron chi connectivity index (χ4n) is 9.33. The number of alkyl carbamates (subject to hydrolysis) is 2. The minimum absolute atomic E-state index is 0.133. The number of aromatic nitrogens is 5. The number of carbonyl (C=O) groups is 4. The van der Waals surface area contributed by atoms with Crippen LogP contribution >= 0.6 is 8.04 Å². The van der Waals surface area contributed by atoms with Gasteiger partial charge in [0.15, 0.2) is 6.04 Å². The number of methoxy groups -OCH3 is 2. The average Bonchev–Trinajstić information content (AvgIpc) is 4.19. The summed E-state index contributed by atoms with van der Waals surface area (Å²) >= 11 is 0. The summed E-state index contributed by atoms with van der Waals surface area (Å²) in [5.41, 5.74) is 10.5. The molecule has 17 heteroatoms. The number of H-pyrrole nitrogens is 2. The van der Waals surface area contributed by atoms with Gasteiger partial charge in [-0.25, -0.2) is 19.6 Å². The van der Waals surface area contributed by atoms with Crippen LogP contribution in [0.3, 0.4) is 0 Å². The Balaban J connectivity index is 1.00. The fraction of sp³-hybridized carbons (Fsp3) is 0.354. The second kappa shape index (κ2) is 18.2. The molecule has 2 saturated heterocycles. The lowest BCUT2D eigenvalue weighted by Gasteiger charge is -2.30. The SMILES string of the molecule is COC(=O)NC(C#[PH]C)C(=O)N1CCC[C@H]1c1ncc(-c2ccc3c(c2)cc2n3[C@H](c3ccccc3)Oc3cc(-c4cnc([C@@H]5CCCN5C(=O)[C@@H](NC(=O)OC)C(C)C)[nH]4)ccc3-2)[nH]1. The maximum atomic E-state index is 13.8. The minimum atomic E-state index is -0.905. The molecule has 3 aliphatic rings. The first-order valence-corrected chi connectivity index (χ1v) is 23.4. The summed E-state index contributed by atoms with van der Waals surface area (Å²) in [6.07, 6.45) is 4.95. The van der Waals surface area contributed by atoms with E-state index in [1.54, 1.807) is 16.0 Å². The van der Waals surface area contributed by atoms with E-state index in [4.69, 9.17) is 24.2 Å². The molecule has 2 unspecified atom stereocenters. The maximum Gasteiger partial charge on any atom is 0.408 e. The van der Waals surface area contributed by atoms with Crippen LogP contribution in [0.2, 0.25) is 0 Å². The molecule has 4 N–H and O–H groups in total. The predicted molar refractivity (Wildman–Crippen MR) is 247 cm³/mol. The molecule has 6 aromatic rings. The van der Waals surface area contributed by atoms with Crippen molar-refractivity contribution < 1.29 is 33.4 Å². The number of carbonyl (C=O) groups excluding carboxylic acids is 4. The van der Waals surface area contributed by atoms with Gasteiger partial charge in [0.25, 0.3) is 5.91 Å². The van der Waals surface area contributed by atoms with E-state index >= 15 is 0 Å². The Morgan fingerprint density at radius 3 is 2.05 bits per heavy atom. The topological polar surface area (TPSA) is 189 Å². The number of aromatic amines is 2. The number of rotatable bonds is 10. The van der Waals surface area contributed by atoms with E-state index in [0.29, 0.717) is 24.7 Å². The zero-order valence-electron chi connectivity index (χ0n) is 36.9. The summed E-state index contributed by atoms with van der Waals surface area (Å²) in [6, 6.07) is 22.7. The Hall–Kier alpha value is -7.02. The number of hydrogen-bond acceptors (Lipinski definition) is 9. The standard InChI is InChI=1S/C48H52N9O7P/c1-27(2)41(54-48(61)63-4)45(59)56-20-10-14-38(56)43-50-25-34(52-43)30-15-17-32-39-22-31-21-29(16-18-36(31)57(39)46(64-40(32)23-30)28-11-7-6-8-12-28)33-24-49-42(51-33)37-13-9-19-55(37)44(58)35(26-65-5)53-47(60)62-3/h6-8,11-12,15-18,21-25,27,35,37-38,41,46,65H,9-10,13-14,19-20H2,1-5H3,(H,49,51)(H,50,52)(H,53,60)(H,54,61)/t35?,37-,38-,41-,46-/m0/s1. The van der Waals surface area contributed by atoms with E-state index in [1.807, 2.05) is 51.0 Å². The molecule has 65 heavy (non-hydrogen) atoms. The molecule has 0 aliphatic carbocycles. The smallest absolute Gasteiger partial charge is 0.408 e. The van der Waals surface area contributed by atoms with E-state index in [0.717, 1.165) is 81.7 Å². The monoisotopic (exact) mass is 897 g/mol. The minimum Gasteiger partial charge on any atom is -0.465 e. The molecule has 4 amide bonds. The average molecular weight is 898 g/mol. The number of imidazole rings is 2. The van der Waals surface area contributed by atoms with E-state index in [-0.39, 0.29) is 37.9 Å². The molecule has 16 nitrogen and oxygen atoms in total. The summed E-state index contributed by atoms with van der Waals surface area (Å²) in [5.74, 6) is 1.57. The van der Waals surface area contributed by atoms with Crippen molar-refractivity contribution in [1.82, 2.24) is 44.9 Å². The molecule has 3 aliphatic heterocycles. The lowest BCUT2D eigenvalue weighted by Crippen LogP contribution is -2.51. The van der Waals surface area contributed by atoms with Crippen LogP contribution in [-0.2, 0) is 19.1 Å². The highest BCUT2D eigenvalue weighted by molar-refractivity contribution is 7.25. The number of ether oxygens (including phenoxy) is 3. The molecule has 6 heterocycles. The molecule has 9 rings (SSSR count). The molecule has 3 aromatic heterocycles. The number of benzene rings is 3. The number of nitrogens with zero attached hydrogens (tertiary/aromatic N) is 5. The molecular formula is C48H52N9O7P. The lowest BCUT2D eigenvalue weighted by molar-refractivity contribution is -0.135. The summed E-state index contributed by atoms with van der Waals surface area (Å²) in [5, 5.41) is 6.35. The summed E-state index contributed by atoms with van der Waals surface area (Å²) < 4.78 is 18.7. The zero-order valence-corrected chi connectivity index (χ0v) is 37.9. The van der Waals surface area contributed by atoms with Crippen LogP contribution in [-0.4, -0.2) is 104 Å². The first-order valence-electron chi connectivity index (χ1n) is 21.9. The van der Waals surface area contributed by atoms with Gasteiger partial charge >= 0.3 is 12.2 Å². The van der Waals surface area contributed by atoms with Crippen LogP contribution < -0.4 is 15.4 Å². The van der Waals surface area contributed by atoms with Gasteiger partial charge in [-0.05, 0) is 68.6 Å². The Bertz CT molecular complexity index is 2840. The first-order chi connectivity index (χ1) is 31.6. The van der Waals surface area contributed by atoms with Gasteiger partial charge in [-0.15, -0.1) is 8.04 Å². The van der Waals surface area contributed by atoms with Crippen molar-refractivity contribution in [3.63, 3.8) is 0 Å². The number of hydrogen-bond donors (Lipinski definition) is 4. The highest BCUT2D eigenvalue weighted by atomic mass is 31.0. The second-order valence-electron chi connectivity index (χ2n) is 16.8. The van der Waals surface area contributed by atoms with Crippen LogP contribution in [0.25, 0.3) is 44.7 Å². The molecule has 0 saturated carbocycles.